The second kappa shape index (κ2) is 10.7. The molecule has 0 aromatic heterocycles. The van der Waals surface area contributed by atoms with Gasteiger partial charge in [0, 0.05) is 37.0 Å². The summed E-state index contributed by atoms with van der Waals surface area (Å²) in [5, 5.41) is 0. The van der Waals surface area contributed by atoms with Gasteiger partial charge in [-0.1, -0.05) is 96.1 Å². The zero-order valence-corrected chi connectivity index (χ0v) is 28.5. The Bertz CT molecular complexity index is 2170. The summed E-state index contributed by atoms with van der Waals surface area (Å²) >= 11 is 0. The number of hydrogen-bond acceptors (Lipinski definition) is 4. The van der Waals surface area contributed by atoms with Crippen molar-refractivity contribution in [3.05, 3.63) is 165 Å². The Balaban J connectivity index is 1.16. The van der Waals surface area contributed by atoms with Crippen LogP contribution >= 0.6 is 0 Å². The summed E-state index contributed by atoms with van der Waals surface area (Å²) in [5.41, 5.74) is 11.1. The third-order valence-corrected chi connectivity index (χ3v) is 14.9. The molecule has 0 saturated carbocycles. The first-order valence-electron chi connectivity index (χ1n) is 16.6. The van der Waals surface area contributed by atoms with Crippen molar-refractivity contribution in [2.45, 2.75) is 73.5 Å². The molecule has 242 valence electrons. The fraction of sp³-hybridized carbons (Fsp3) is 0.250. The molecule has 0 unspecified atom stereocenters. The first-order valence-corrected chi connectivity index (χ1v) is 19.5. The lowest BCUT2D eigenvalue weighted by Gasteiger charge is -2.39. The molecule has 2 aliphatic heterocycles. The molecule has 4 atom stereocenters. The zero-order valence-electron chi connectivity index (χ0n) is 26.9. The molecule has 0 spiro atoms. The lowest BCUT2D eigenvalue weighted by Crippen LogP contribution is -2.46. The third kappa shape index (κ3) is 4.43. The molecule has 0 amide bonds. The van der Waals surface area contributed by atoms with Crippen molar-refractivity contribution < 1.29 is 16.8 Å². The highest BCUT2D eigenvalue weighted by atomic mass is 32.2. The lowest BCUT2D eigenvalue weighted by molar-refractivity contribution is 0.279. The van der Waals surface area contributed by atoms with Crippen LogP contribution in [0.1, 0.15) is 67.5 Å². The van der Waals surface area contributed by atoms with Crippen LogP contribution in [-0.4, -0.2) is 37.5 Å². The van der Waals surface area contributed by atoms with E-state index in [-0.39, 0.29) is 23.9 Å². The van der Waals surface area contributed by atoms with Crippen LogP contribution in [0.15, 0.2) is 119 Å². The van der Waals surface area contributed by atoms with Gasteiger partial charge in [0.2, 0.25) is 20.0 Å². The summed E-state index contributed by atoms with van der Waals surface area (Å²) in [6.45, 7) is 4.60. The molecule has 0 radical (unpaired) electrons. The van der Waals surface area contributed by atoms with Crippen molar-refractivity contribution in [2.24, 2.45) is 0 Å². The summed E-state index contributed by atoms with van der Waals surface area (Å²) < 4.78 is 60.5. The van der Waals surface area contributed by atoms with E-state index in [9.17, 15) is 16.8 Å². The molecule has 0 fully saturated rings. The second-order valence-electron chi connectivity index (χ2n) is 13.9. The summed E-state index contributed by atoms with van der Waals surface area (Å²) in [7, 11) is -7.51. The summed E-state index contributed by atoms with van der Waals surface area (Å²) in [6, 6.07) is 34.9. The van der Waals surface area contributed by atoms with Crippen LogP contribution in [0.25, 0.3) is 0 Å². The Morgan fingerprint density at radius 2 is 0.875 bits per heavy atom. The fourth-order valence-corrected chi connectivity index (χ4v) is 12.0. The number of rotatable bonds is 4. The van der Waals surface area contributed by atoms with Crippen molar-refractivity contribution in [3.63, 3.8) is 0 Å². The van der Waals surface area contributed by atoms with Gasteiger partial charge in [0.15, 0.2) is 0 Å². The molecule has 5 aromatic rings. The fourth-order valence-electron chi connectivity index (χ4n) is 8.80. The minimum absolute atomic E-state index is 0.110. The monoisotopic (exact) mass is 672 g/mol. The topological polar surface area (TPSA) is 74.8 Å². The van der Waals surface area contributed by atoms with Crippen molar-refractivity contribution in [2.75, 3.05) is 0 Å². The maximum absolute atomic E-state index is 14.3. The molecule has 0 N–H and O–H groups in total. The molecule has 6 nitrogen and oxygen atoms in total. The van der Waals surface area contributed by atoms with Crippen LogP contribution < -0.4 is 0 Å². The minimum atomic E-state index is -3.76. The highest BCUT2D eigenvalue weighted by molar-refractivity contribution is 7.89. The van der Waals surface area contributed by atoms with Crippen molar-refractivity contribution >= 4 is 20.0 Å². The van der Waals surface area contributed by atoms with Crippen molar-refractivity contribution in [1.82, 2.24) is 8.61 Å². The van der Waals surface area contributed by atoms with Gasteiger partial charge in [-0.3, -0.25) is 0 Å². The van der Waals surface area contributed by atoms with Gasteiger partial charge in [-0.25, -0.2) is 16.8 Å². The molecule has 2 heterocycles. The van der Waals surface area contributed by atoms with Gasteiger partial charge in [-0.05, 0) is 95.5 Å². The van der Waals surface area contributed by atoms with Crippen LogP contribution in [0.5, 0.6) is 0 Å². The highest BCUT2D eigenvalue weighted by Crippen LogP contribution is 2.53. The predicted molar refractivity (Wildman–Crippen MR) is 186 cm³/mol. The average Bonchev–Trinajstić information content (AvgIpc) is 3.65. The van der Waals surface area contributed by atoms with E-state index >= 15 is 0 Å². The molecule has 4 aliphatic rings. The van der Waals surface area contributed by atoms with E-state index in [0.29, 0.717) is 35.7 Å². The van der Waals surface area contributed by atoms with E-state index in [1.165, 1.54) is 11.1 Å². The molecular formula is C40H36N2O4S2. The quantitative estimate of drug-likeness (QED) is 0.210. The number of hydrogen-bond donors (Lipinski definition) is 0. The number of benzene rings is 5. The molecule has 8 heteroatoms. The predicted octanol–water partition coefficient (Wildman–Crippen LogP) is 6.83. The number of nitrogens with zero attached hydrogens (tertiary/aromatic N) is 2. The van der Waals surface area contributed by atoms with Crippen LogP contribution in [-0.2, 0) is 46.0 Å². The second-order valence-corrected chi connectivity index (χ2v) is 17.7. The SMILES string of the molecule is Cc1ccc(S(=O)(=O)N2Cc3ccccc3[C@H]3c4cc5c(cc4C[C@H]32)C[C@H]2[C@@H]5c3ccccc3CN2S(=O)(=O)c2ccc(C)cc2)cc1. The largest absolute Gasteiger partial charge is 0.243 e. The van der Waals surface area contributed by atoms with Crippen LogP contribution in [0.3, 0.4) is 0 Å². The van der Waals surface area contributed by atoms with E-state index in [4.69, 9.17) is 0 Å². The highest BCUT2D eigenvalue weighted by Gasteiger charge is 2.50. The summed E-state index contributed by atoms with van der Waals surface area (Å²) in [6.07, 6.45) is 1.23. The van der Waals surface area contributed by atoms with E-state index < -0.39 is 20.0 Å². The van der Waals surface area contributed by atoms with E-state index in [1.807, 2.05) is 62.4 Å². The smallest absolute Gasteiger partial charge is 0.207 e. The Morgan fingerprint density at radius 3 is 1.29 bits per heavy atom. The first-order chi connectivity index (χ1) is 23.1. The molecule has 2 aliphatic carbocycles. The molecule has 48 heavy (non-hydrogen) atoms. The molecule has 5 aromatic carbocycles. The normalized spacial score (nSPS) is 23.0. The van der Waals surface area contributed by atoms with Gasteiger partial charge in [-0.2, -0.15) is 8.61 Å². The lowest BCUT2D eigenvalue weighted by atomic mass is 9.81. The summed E-state index contributed by atoms with van der Waals surface area (Å²) in [5.74, 6) is -0.221. The van der Waals surface area contributed by atoms with E-state index in [0.717, 1.165) is 44.5 Å². The third-order valence-electron chi connectivity index (χ3n) is 11.1. The Kier molecular flexibility index (Phi) is 6.70. The van der Waals surface area contributed by atoms with E-state index in [2.05, 4.69) is 36.4 Å². The molecule has 0 saturated heterocycles. The van der Waals surface area contributed by atoms with Gasteiger partial charge in [0.25, 0.3) is 0 Å². The Morgan fingerprint density at radius 1 is 0.479 bits per heavy atom. The van der Waals surface area contributed by atoms with E-state index in [1.54, 1.807) is 32.9 Å². The minimum Gasteiger partial charge on any atom is -0.207 e. The van der Waals surface area contributed by atoms with Crippen molar-refractivity contribution in [3.8, 4) is 0 Å². The molecule has 9 rings (SSSR count). The average molecular weight is 673 g/mol. The van der Waals surface area contributed by atoms with Crippen LogP contribution in [0.4, 0.5) is 0 Å². The number of sulfonamides is 2. The van der Waals surface area contributed by atoms with Gasteiger partial charge in [0.1, 0.15) is 0 Å². The first kappa shape index (κ1) is 30.0. The Hall–Kier alpha value is -4.08. The zero-order chi connectivity index (χ0) is 32.9. The van der Waals surface area contributed by atoms with Crippen LogP contribution in [0.2, 0.25) is 0 Å². The summed E-state index contributed by atoms with van der Waals surface area (Å²) in [4.78, 5) is 0.641. The van der Waals surface area contributed by atoms with Gasteiger partial charge in [-0.15, -0.1) is 0 Å². The van der Waals surface area contributed by atoms with Gasteiger partial charge in [0.05, 0.1) is 9.79 Å². The number of fused-ring (bicyclic) bond motifs is 10. The van der Waals surface area contributed by atoms with Crippen LogP contribution in [0, 0.1) is 13.8 Å². The molecular weight excluding hydrogens is 637 g/mol. The maximum Gasteiger partial charge on any atom is 0.243 e. The number of aryl methyl sites for hydroxylation is 2. The maximum atomic E-state index is 14.3. The standard InChI is InChI=1S/C40H36N2O4S2/c1-25-11-15-31(16-12-25)47(43,44)41-23-27-7-3-5-9-33(27)39-35-22-36-30(19-29(35)20-37(39)41)21-38-40(36)34-10-6-4-8-28(34)24-42(38)48(45,46)32-17-13-26(2)14-18-32/h3-19,22,37-40H,20-21,23-24H2,1-2H3/t37-,38+,39+,40-. The molecule has 0 bridgehead atoms. The van der Waals surface area contributed by atoms with Gasteiger partial charge >= 0.3 is 0 Å². The Labute approximate surface area is 282 Å². The van der Waals surface area contributed by atoms with Crippen molar-refractivity contribution in [1.29, 1.82) is 0 Å². The van der Waals surface area contributed by atoms with Gasteiger partial charge < -0.3 is 0 Å².